The summed E-state index contributed by atoms with van der Waals surface area (Å²) < 4.78 is 56.5. The lowest BCUT2D eigenvalue weighted by atomic mass is 9.64. The first kappa shape index (κ1) is 27.0. The van der Waals surface area contributed by atoms with Crippen molar-refractivity contribution in [2.45, 2.75) is 69.3 Å². The second-order valence-electron chi connectivity index (χ2n) is 12.0. The van der Waals surface area contributed by atoms with Crippen LogP contribution < -0.4 is 0 Å². The Labute approximate surface area is 231 Å². The van der Waals surface area contributed by atoms with E-state index in [2.05, 4.69) is 25.2 Å². The van der Waals surface area contributed by atoms with Crippen molar-refractivity contribution in [3.8, 4) is 0 Å². The van der Waals surface area contributed by atoms with Crippen LogP contribution in [0.5, 0.6) is 0 Å². The van der Waals surface area contributed by atoms with Crippen LogP contribution in [0.2, 0.25) is 0 Å². The SMILES string of the molecule is CC12CC3=C(C=C1CCC2(O)CCc1cccc(F)c1C(=O)N1CCCC(F)(F)C1)[C@@H](c1ccc(F)cc1)C=C3. The van der Waals surface area contributed by atoms with Crippen LogP contribution in [0.4, 0.5) is 17.6 Å². The van der Waals surface area contributed by atoms with E-state index >= 15 is 0 Å². The summed E-state index contributed by atoms with van der Waals surface area (Å²) in [7, 11) is 0. The van der Waals surface area contributed by atoms with Crippen LogP contribution >= 0.6 is 0 Å². The van der Waals surface area contributed by atoms with E-state index in [1.54, 1.807) is 18.2 Å². The first-order valence-corrected chi connectivity index (χ1v) is 14.0. The van der Waals surface area contributed by atoms with E-state index in [-0.39, 0.29) is 43.1 Å². The minimum Gasteiger partial charge on any atom is -0.389 e. The highest BCUT2D eigenvalue weighted by atomic mass is 19.3. The monoisotopic (exact) mass is 551 g/mol. The van der Waals surface area contributed by atoms with Gasteiger partial charge in [0.15, 0.2) is 0 Å². The number of piperidine rings is 1. The van der Waals surface area contributed by atoms with E-state index in [0.717, 1.165) is 28.0 Å². The van der Waals surface area contributed by atoms with Gasteiger partial charge in [-0.05, 0) is 79.0 Å². The van der Waals surface area contributed by atoms with Gasteiger partial charge in [0, 0.05) is 24.3 Å². The average Bonchev–Trinajstić information content (AvgIpc) is 3.43. The smallest absolute Gasteiger partial charge is 0.265 e. The predicted molar refractivity (Wildman–Crippen MR) is 145 cm³/mol. The van der Waals surface area contributed by atoms with Crippen LogP contribution in [-0.4, -0.2) is 40.5 Å². The molecule has 3 atom stereocenters. The zero-order valence-corrected chi connectivity index (χ0v) is 22.5. The number of alkyl halides is 2. The normalized spacial score (nSPS) is 28.9. The molecule has 1 aliphatic heterocycles. The van der Waals surface area contributed by atoms with Crippen molar-refractivity contribution >= 4 is 5.91 Å². The molecule has 1 N–H and O–H groups in total. The molecule has 0 bridgehead atoms. The highest BCUT2D eigenvalue weighted by molar-refractivity contribution is 5.96. The number of hydrogen-bond donors (Lipinski definition) is 1. The van der Waals surface area contributed by atoms with Crippen molar-refractivity contribution in [1.29, 1.82) is 0 Å². The van der Waals surface area contributed by atoms with Gasteiger partial charge < -0.3 is 10.0 Å². The lowest BCUT2D eigenvalue weighted by molar-refractivity contribution is -0.0562. The predicted octanol–water partition coefficient (Wildman–Crippen LogP) is 7.28. The summed E-state index contributed by atoms with van der Waals surface area (Å²) in [6.07, 6.45) is 8.78. The van der Waals surface area contributed by atoms with Crippen molar-refractivity contribution in [2.75, 3.05) is 13.1 Å². The van der Waals surface area contributed by atoms with E-state index in [1.807, 2.05) is 0 Å². The fourth-order valence-corrected chi connectivity index (χ4v) is 7.24. The molecule has 3 aliphatic carbocycles. The molecule has 0 aromatic heterocycles. The fraction of sp³-hybridized carbons (Fsp3) is 0.424. The molecule has 1 saturated heterocycles. The molecule has 7 heteroatoms. The minimum absolute atomic E-state index is 0.0457. The minimum atomic E-state index is -2.98. The summed E-state index contributed by atoms with van der Waals surface area (Å²) in [5, 5.41) is 12.0. The summed E-state index contributed by atoms with van der Waals surface area (Å²) >= 11 is 0. The lowest BCUT2D eigenvalue weighted by Gasteiger charge is -2.43. The van der Waals surface area contributed by atoms with E-state index in [1.165, 1.54) is 29.8 Å². The number of aryl methyl sites for hydroxylation is 1. The van der Waals surface area contributed by atoms with Crippen molar-refractivity contribution < 1.29 is 27.5 Å². The quantitative estimate of drug-likeness (QED) is 0.397. The van der Waals surface area contributed by atoms with Crippen LogP contribution in [0.1, 0.15) is 72.9 Å². The van der Waals surface area contributed by atoms with Crippen molar-refractivity contribution in [3.63, 3.8) is 0 Å². The molecule has 1 heterocycles. The summed E-state index contributed by atoms with van der Waals surface area (Å²) in [6.45, 7) is 1.53. The molecule has 2 aromatic carbocycles. The summed E-state index contributed by atoms with van der Waals surface area (Å²) in [6, 6.07) is 10.9. The number of rotatable bonds is 5. The number of fused-ring (bicyclic) bond motifs is 1. The van der Waals surface area contributed by atoms with Crippen LogP contribution in [0, 0.1) is 17.0 Å². The van der Waals surface area contributed by atoms with Gasteiger partial charge in [-0.1, -0.05) is 55.0 Å². The maximum atomic E-state index is 15.0. The van der Waals surface area contributed by atoms with Gasteiger partial charge in [0.05, 0.1) is 17.7 Å². The Kier molecular flexibility index (Phi) is 6.56. The number of carbonyl (C=O) groups is 1. The summed E-state index contributed by atoms with van der Waals surface area (Å²) in [5.74, 6) is -4.64. The molecule has 3 nitrogen and oxygen atoms in total. The van der Waals surface area contributed by atoms with Gasteiger partial charge in [0.1, 0.15) is 11.6 Å². The molecular formula is C33H33F4NO2. The molecule has 40 heavy (non-hydrogen) atoms. The molecule has 0 radical (unpaired) electrons. The zero-order chi connectivity index (χ0) is 28.3. The van der Waals surface area contributed by atoms with Crippen LogP contribution in [-0.2, 0) is 6.42 Å². The largest absolute Gasteiger partial charge is 0.389 e. The molecule has 210 valence electrons. The number of allylic oxidation sites excluding steroid dienone is 5. The number of halogens is 4. The van der Waals surface area contributed by atoms with E-state index in [4.69, 9.17) is 0 Å². The Bertz CT molecular complexity index is 1440. The standard InChI is InChI=1S/C33H33F4NO2/c1-31-19-23-8-11-26(21-6-9-25(34)10-7-21)27(23)18-24(31)13-16-32(31,40)15-12-22-4-2-5-28(35)29(22)30(39)38-17-3-14-33(36,37)20-38/h2,4-11,18,26,40H,3,12-17,19-20H2,1H3/t26-,31?,32?/m1/s1. The third-order valence-corrected chi connectivity index (χ3v) is 9.64. The van der Waals surface area contributed by atoms with Gasteiger partial charge in [-0.25, -0.2) is 17.6 Å². The van der Waals surface area contributed by atoms with E-state index in [9.17, 15) is 27.5 Å². The average molecular weight is 552 g/mol. The second-order valence-corrected chi connectivity index (χ2v) is 12.0. The van der Waals surface area contributed by atoms with Gasteiger partial charge in [0.2, 0.25) is 0 Å². The first-order valence-electron chi connectivity index (χ1n) is 14.0. The van der Waals surface area contributed by atoms with Crippen molar-refractivity contribution in [2.24, 2.45) is 5.41 Å². The topological polar surface area (TPSA) is 40.5 Å². The maximum absolute atomic E-state index is 15.0. The van der Waals surface area contributed by atoms with E-state index < -0.39 is 35.2 Å². The van der Waals surface area contributed by atoms with Crippen LogP contribution in [0.25, 0.3) is 0 Å². The number of hydrogen-bond acceptors (Lipinski definition) is 2. The van der Waals surface area contributed by atoms with E-state index in [0.29, 0.717) is 24.8 Å². The summed E-state index contributed by atoms with van der Waals surface area (Å²) in [4.78, 5) is 14.3. The molecule has 1 amide bonds. The number of benzene rings is 2. The molecule has 2 aromatic rings. The Morgan fingerprint density at radius 2 is 1.88 bits per heavy atom. The molecule has 2 unspecified atom stereocenters. The number of amides is 1. The highest BCUT2D eigenvalue weighted by Gasteiger charge is 2.55. The van der Waals surface area contributed by atoms with Crippen LogP contribution in [0.3, 0.4) is 0 Å². The molecule has 2 fully saturated rings. The Morgan fingerprint density at radius 3 is 2.62 bits per heavy atom. The van der Waals surface area contributed by atoms with Crippen molar-refractivity contribution in [3.05, 3.63) is 106 Å². The first-order chi connectivity index (χ1) is 19.0. The third-order valence-electron chi connectivity index (χ3n) is 9.64. The second kappa shape index (κ2) is 9.72. The van der Waals surface area contributed by atoms with Gasteiger partial charge in [-0.15, -0.1) is 0 Å². The maximum Gasteiger partial charge on any atom is 0.265 e. The Morgan fingerprint density at radius 1 is 1.10 bits per heavy atom. The lowest BCUT2D eigenvalue weighted by Crippen LogP contribution is -2.46. The Hall–Kier alpha value is -3.19. The zero-order valence-electron chi connectivity index (χ0n) is 22.5. The Balaban J connectivity index is 1.22. The molecule has 4 aliphatic rings. The van der Waals surface area contributed by atoms with Gasteiger partial charge in [-0.3, -0.25) is 4.79 Å². The van der Waals surface area contributed by atoms with Crippen molar-refractivity contribution in [1.82, 2.24) is 4.90 Å². The van der Waals surface area contributed by atoms with Gasteiger partial charge >= 0.3 is 0 Å². The summed E-state index contributed by atoms with van der Waals surface area (Å²) in [5.41, 5.74) is 3.16. The van der Waals surface area contributed by atoms with Gasteiger partial charge in [0.25, 0.3) is 11.8 Å². The number of nitrogens with zero attached hydrogens (tertiary/aromatic N) is 1. The fourth-order valence-electron chi connectivity index (χ4n) is 7.24. The highest BCUT2D eigenvalue weighted by Crippen LogP contribution is 2.60. The molecule has 0 spiro atoms. The molecular weight excluding hydrogens is 518 g/mol. The van der Waals surface area contributed by atoms with Crippen LogP contribution in [0.15, 0.2) is 77.4 Å². The third kappa shape index (κ3) is 4.52. The number of carbonyl (C=O) groups excluding carboxylic acids is 1. The number of aliphatic hydroxyl groups is 1. The number of likely N-dealkylation sites (tertiary alicyclic amines) is 1. The molecule has 1 saturated carbocycles. The molecule has 6 rings (SSSR count). The van der Waals surface area contributed by atoms with Gasteiger partial charge in [-0.2, -0.15) is 0 Å².